The highest BCUT2D eigenvalue weighted by Crippen LogP contribution is 2.19. The molecular formula is C18H23N3O3. The van der Waals surface area contributed by atoms with Gasteiger partial charge in [0, 0.05) is 37.7 Å². The molecule has 24 heavy (non-hydrogen) atoms. The molecule has 2 N–H and O–H groups in total. The Balaban J connectivity index is 1.57. The number of hydrogen-bond acceptors (Lipinski definition) is 5. The van der Waals surface area contributed by atoms with Crippen LogP contribution in [0.3, 0.4) is 0 Å². The minimum absolute atomic E-state index is 0.0492. The Kier molecular flexibility index (Phi) is 5.61. The van der Waals surface area contributed by atoms with Crippen molar-refractivity contribution in [2.75, 3.05) is 19.7 Å². The first kappa shape index (κ1) is 16.7. The molecule has 1 amide bonds. The molecule has 1 aromatic carbocycles. The normalized spacial score (nSPS) is 21.5. The van der Waals surface area contributed by atoms with Gasteiger partial charge in [0.2, 0.25) is 5.91 Å². The lowest BCUT2D eigenvalue weighted by Crippen LogP contribution is -2.53. The molecule has 2 heterocycles. The molecule has 2 atom stereocenters. The van der Waals surface area contributed by atoms with Gasteiger partial charge in [0.25, 0.3) is 0 Å². The van der Waals surface area contributed by atoms with Crippen molar-refractivity contribution in [2.45, 2.75) is 25.4 Å². The fourth-order valence-corrected chi connectivity index (χ4v) is 3.19. The van der Waals surface area contributed by atoms with Crippen LogP contribution in [0.1, 0.15) is 17.7 Å². The Morgan fingerprint density at radius 3 is 2.88 bits per heavy atom. The molecule has 1 saturated heterocycles. The number of piperidine rings is 1. The second kappa shape index (κ2) is 8.08. The predicted molar refractivity (Wildman–Crippen MR) is 89.0 cm³/mol. The summed E-state index contributed by atoms with van der Waals surface area (Å²) in [4.78, 5) is 14.5. The van der Waals surface area contributed by atoms with Crippen molar-refractivity contribution in [3.63, 3.8) is 0 Å². The van der Waals surface area contributed by atoms with Crippen molar-refractivity contribution in [1.82, 2.24) is 15.4 Å². The van der Waals surface area contributed by atoms with Crippen LogP contribution in [-0.4, -0.2) is 46.8 Å². The van der Waals surface area contributed by atoms with E-state index in [9.17, 15) is 9.90 Å². The molecule has 1 aromatic heterocycles. The van der Waals surface area contributed by atoms with Crippen molar-refractivity contribution in [3.8, 4) is 0 Å². The first-order valence-electron chi connectivity index (χ1n) is 8.30. The van der Waals surface area contributed by atoms with Gasteiger partial charge in [-0.1, -0.05) is 35.5 Å². The Bertz CT molecular complexity index is 630. The quantitative estimate of drug-likeness (QED) is 0.833. The second-order valence-electron chi connectivity index (χ2n) is 6.29. The number of amides is 1. The SMILES string of the molecule is O=C(Cc1ccon1)N[C@@H]1CN(Cc2ccccc2)CC[C@H]1CO. The number of carbonyl (C=O) groups is 1. The van der Waals surface area contributed by atoms with Crippen LogP contribution in [0.15, 0.2) is 47.2 Å². The number of likely N-dealkylation sites (tertiary alicyclic amines) is 1. The van der Waals surface area contributed by atoms with E-state index in [1.807, 2.05) is 18.2 Å². The van der Waals surface area contributed by atoms with Gasteiger partial charge in [-0.05, 0) is 18.5 Å². The van der Waals surface area contributed by atoms with Gasteiger partial charge in [-0.25, -0.2) is 0 Å². The third-order valence-electron chi connectivity index (χ3n) is 4.50. The highest BCUT2D eigenvalue weighted by Gasteiger charge is 2.30. The molecule has 1 fully saturated rings. The zero-order chi connectivity index (χ0) is 16.8. The third-order valence-corrected chi connectivity index (χ3v) is 4.50. The van der Waals surface area contributed by atoms with Crippen LogP contribution >= 0.6 is 0 Å². The van der Waals surface area contributed by atoms with Crippen LogP contribution < -0.4 is 5.32 Å². The van der Waals surface area contributed by atoms with E-state index in [1.54, 1.807) is 6.07 Å². The van der Waals surface area contributed by atoms with Crippen molar-refractivity contribution < 1.29 is 14.4 Å². The predicted octanol–water partition coefficient (Wildman–Crippen LogP) is 1.22. The summed E-state index contributed by atoms with van der Waals surface area (Å²) in [5, 5.41) is 16.4. The molecule has 0 saturated carbocycles. The molecule has 0 spiro atoms. The lowest BCUT2D eigenvalue weighted by Gasteiger charge is -2.38. The Labute approximate surface area is 141 Å². The van der Waals surface area contributed by atoms with Gasteiger partial charge < -0.3 is 14.9 Å². The standard InChI is InChI=1S/C18H23N3O3/c22-13-15-6-8-21(11-14-4-2-1-3-5-14)12-17(15)19-18(23)10-16-7-9-24-20-16/h1-5,7,9,15,17,22H,6,8,10-13H2,(H,19,23)/t15-,17+/m0/s1. The highest BCUT2D eigenvalue weighted by molar-refractivity contribution is 5.78. The largest absolute Gasteiger partial charge is 0.396 e. The van der Waals surface area contributed by atoms with E-state index in [0.717, 1.165) is 26.1 Å². The molecule has 128 valence electrons. The van der Waals surface area contributed by atoms with Crippen molar-refractivity contribution in [3.05, 3.63) is 53.9 Å². The second-order valence-corrected chi connectivity index (χ2v) is 6.29. The fourth-order valence-electron chi connectivity index (χ4n) is 3.19. The molecule has 0 bridgehead atoms. The fraction of sp³-hybridized carbons (Fsp3) is 0.444. The highest BCUT2D eigenvalue weighted by atomic mass is 16.5. The number of rotatable bonds is 6. The van der Waals surface area contributed by atoms with Gasteiger partial charge in [0.1, 0.15) is 6.26 Å². The van der Waals surface area contributed by atoms with Gasteiger partial charge in [-0.2, -0.15) is 0 Å². The summed E-state index contributed by atoms with van der Waals surface area (Å²) in [6.45, 7) is 2.61. The smallest absolute Gasteiger partial charge is 0.226 e. The summed E-state index contributed by atoms with van der Waals surface area (Å²) in [6, 6.07) is 11.9. The lowest BCUT2D eigenvalue weighted by molar-refractivity contribution is -0.122. The monoisotopic (exact) mass is 329 g/mol. The first-order valence-corrected chi connectivity index (χ1v) is 8.30. The Morgan fingerprint density at radius 1 is 1.33 bits per heavy atom. The summed E-state index contributed by atoms with van der Waals surface area (Å²) >= 11 is 0. The third kappa shape index (κ3) is 4.43. The summed E-state index contributed by atoms with van der Waals surface area (Å²) in [7, 11) is 0. The maximum atomic E-state index is 12.2. The number of aliphatic hydroxyl groups excluding tert-OH is 1. The van der Waals surface area contributed by atoms with Gasteiger partial charge in [-0.3, -0.25) is 9.69 Å². The molecule has 0 unspecified atom stereocenters. The summed E-state index contributed by atoms with van der Waals surface area (Å²) in [5.74, 6) is 0.00666. The molecule has 1 aliphatic heterocycles. The van der Waals surface area contributed by atoms with Crippen molar-refractivity contribution >= 4 is 5.91 Å². The minimum atomic E-state index is -0.0890. The number of aliphatic hydroxyl groups is 1. The van der Waals surface area contributed by atoms with E-state index in [4.69, 9.17) is 4.52 Å². The molecule has 6 nitrogen and oxygen atoms in total. The summed E-state index contributed by atoms with van der Waals surface area (Å²) < 4.78 is 4.75. The number of hydrogen-bond donors (Lipinski definition) is 2. The van der Waals surface area contributed by atoms with E-state index in [-0.39, 0.29) is 30.9 Å². The van der Waals surface area contributed by atoms with Crippen LogP contribution in [0.5, 0.6) is 0 Å². The Hall–Kier alpha value is -2.18. The van der Waals surface area contributed by atoms with Crippen LogP contribution in [0, 0.1) is 5.92 Å². The van der Waals surface area contributed by atoms with Crippen LogP contribution in [0.4, 0.5) is 0 Å². The summed E-state index contributed by atoms with van der Waals surface area (Å²) in [6.07, 6.45) is 2.53. The lowest BCUT2D eigenvalue weighted by atomic mass is 9.91. The average molecular weight is 329 g/mol. The maximum absolute atomic E-state index is 12.2. The molecule has 2 aromatic rings. The molecule has 3 rings (SSSR count). The zero-order valence-electron chi connectivity index (χ0n) is 13.6. The van der Waals surface area contributed by atoms with E-state index < -0.39 is 0 Å². The zero-order valence-corrected chi connectivity index (χ0v) is 13.6. The van der Waals surface area contributed by atoms with Crippen molar-refractivity contribution in [1.29, 1.82) is 0 Å². The number of nitrogens with one attached hydrogen (secondary N) is 1. The van der Waals surface area contributed by atoms with Crippen LogP contribution in [0.25, 0.3) is 0 Å². The summed E-state index contributed by atoms with van der Waals surface area (Å²) in [5.41, 5.74) is 1.87. The number of benzene rings is 1. The van der Waals surface area contributed by atoms with Crippen LogP contribution in [0.2, 0.25) is 0 Å². The van der Waals surface area contributed by atoms with E-state index in [2.05, 4.69) is 27.5 Å². The topological polar surface area (TPSA) is 78.6 Å². The first-order chi connectivity index (χ1) is 11.7. The molecule has 0 aliphatic carbocycles. The van der Waals surface area contributed by atoms with Gasteiger partial charge >= 0.3 is 0 Å². The number of aromatic nitrogens is 1. The van der Waals surface area contributed by atoms with E-state index in [0.29, 0.717) is 5.69 Å². The molecule has 0 radical (unpaired) electrons. The molecule has 6 heteroatoms. The molecular weight excluding hydrogens is 306 g/mol. The van der Waals surface area contributed by atoms with Crippen LogP contribution in [-0.2, 0) is 17.8 Å². The van der Waals surface area contributed by atoms with Crippen molar-refractivity contribution in [2.24, 2.45) is 5.92 Å². The van der Waals surface area contributed by atoms with E-state index in [1.165, 1.54) is 11.8 Å². The van der Waals surface area contributed by atoms with E-state index >= 15 is 0 Å². The number of nitrogens with zero attached hydrogens (tertiary/aromatic N) is 2. The van der Waals surface area contributed by atoms with Gasteiger partial charge in [0.05, 0.1) is 12.1 Å². The maximum Gasteiger partial charge on any atom is 0.226 e. The number of carbonyl (C=O) groups excluding carboxylic acids is 1. The van der Waals surface area contributed by atoms with Gasteiger partial charge in [0.15, 0.2) is 0 Å². The minimum Gasteiger partial charge on any atom is -0.396 e. The van der Waals surface area contributed by atoms with Gasteiger partial charge in [-0.15, -0.1) is 0 Å². The average Bonchev–Trinajstić information content (AvgIpc) is 3.09. The Morgan fingerprint density at radius 2 is 2.17 bits per heavy atom. The molecule has 1 aliphatic rings.